The normalized spacial score (nSPS) is 19.7. The van der Waals surface area contributed by atoms with Gasteiger partial charge in [0.1, 0.15) is 0 Å². The molecule has 1 heterocycles. The number of hydrogen-bond donors (Lipinski definition) is 0. The first kappa shape index (κ1) is 19.7. The van der Waals surface area contributed by atoms with Crippen molar-refractivity contribution in [1.29, 1.82) is 0 Å². The van der Waals surface area contributed by atoms with Crippen molar-refractivity contribution in [2.75, 3.05) is 18.5 Å². The first-order chi connectivity index (χ1) is 14.1. The standard InChI is InChI=1S/C25H25ClN2O/c1-3-28-23(16-18-10-6-4-7-11-18)25(29)27(2)22-15-14-20(26)17-21(22)24(28)19-12-8-5-9-13-19/h4-15,17,23-24H,3,16H2,1-2H3. The van der Waals surface area contributed by atoms with Gasteiger partial charge in [-0.15, -0.1) is 0 Å². The first-order valence-corrected chi connectivity index (χ1v) is 10.4. The van der Waals surface area contributed by atoms with Crippen LogP contribution in [0, 0.1) is 0 Å². The van der Waals surface area contributed by atoms with Crippen LogP contribution in [0.25, 0.3) is 0 Å². The van der Waals surface area contributed by atoms with Gasteiger partial charge in [-0.2, -0.15) is 0 Å². The largest absolute Gasteiger partial charge is 0.314 e. The Labute approximate surface area is 177 Å². The summed E-state index contributed by atoms with van der Waals surface area (Å²) < 4.78 is 0. The molecule has 0 saturated heterocycles. The third kappa shape index (κ3) is 3.81. The molecule has 3 aromatic carbocycles. The highest BCUT2D eigenvalue weighted by molar-refractivity contribution is 6.30. The number of nitrogens with zero attached hydrogens (tertiary/aromatic N) is 2. The molecule has 0 bridgehead atoms. The summed E-state index contributed by atoms with van der Waals surface area (Å²) in [6.07, 6.45) is 0.670. The highest BCUT2D eigenvalue weighted by Crippen LogP contribution is 2.41. The SMILES string of the molecule is CCN1C(Cc2ccccc2)C(=O)N(C)c2ccc(Cl)cc2C1c1ccccc1. The van der Waals surface area contributed by atoms with Crippen molar-refractivity contribution >= 4 is 23.2 Å². The molecule has 2 atom stereocenters. The van der Waals surface area contributed by atoms with Gasteiger partial charge in [-0.3, -0.25) is 9.69 Å². The van der Waals surface area contributed by atoms with Crippen molar-refractivity contribution in [1.82, 2.24) is 4.90 Å². The van der Waals surface area contributed by atoms with E-state index in [-0.39, 0.29) is 18.0 Å². The van der Waals surface area contributed by atoms with Crippen LogP contribution in [0.1, 0.15) is 29.7 Å². The number of fused-ring (bicyclic) bond motifs is 1. The molecule has 0 saturated carbocycles. The molecule has 4 rings (SSSR count). The average molecular weight is 405 g/mol. The predicted octanol–water partition coefficient (Wildman–Crippen LogP) is 5.34. The van der Waals surface area contributed by atoms with E-state index in [9.17, 15) is 4.79 Å². The monoisotopic (exact) mass is 404 g/mol. The van der Waals surface area contributed by atoms with E-state index in [0.29, 0.717) is 11.4 Å². The second-order valence-corrected chi connectivity index (χ2v) is 7.89. The van der Waals surface area contributed by atoms with Gasteiger partial charge in [0.25, 0.3) is 0 Å². The molecule has 1 aliphatic rings. The maximum absolute atomic E-state index is 13.6. The van der Waals surface area contributed by atoms with Gasteiger partial charge in [0, 0.05) is 17.8 Å². The molecule has 1 amide bonds. The summed E-state index contributed by atoms with van der Waals surface area (Å²) in [6, 6.07) is 26.2. The van der Waals surface area contributed by atoms with Crippen molar-refractivity contribution in [3.8, 4) is 0 Å². The Morgan fingerprint density at radius 2 is 1.59 bits per heavy atom. The molecule has 2 unspecified atom stereocenters. The molecular weight excluding hydrogens is 380 g/mol. The van der Waals surface area contributed by atoms with Gasteiger partial charge in [-0.1, -0.05) is 79.2 Å². The zero-order chi connectivity index (χ0) is 20.4. The van der Waals surface area contributed by atoms with Crippen LogP contribution in [0.15, 0.2) is 78.9 Å². The minimum Gasteiger partial charge on any atom is -0.314 e. The number of hydrogen-bond acceptors (Lipinski definition) is 2. The van der Waals surface area contributed by atoms with Crippen LogP contribution in [0.3, 0.4) is 0 Å². The summed E-state index contributed by atoms with van der Waals surface area (Å²) in [7, 11) is 1.87. The summed E-state index contributed by atoms with van der Waals surface area (Å²) in [5, 5.41) is 0.683. The summed E-state index contributed by atoms with van der Waals surface area (Å²) in [5.41, 5.74) is 4.31. The van der Waals surface area contributed by atoms with Crippen LogP contribution in [-0.4, -0.2) is 30.4 Å². The van der Waals surface area contributed by atoms with Crippen LogP contribution >= 0.6 is 11.6 Å². The van der Waals surface area contributed by atoms with Crippen LogP contribution < -0.4 is 4.90 Å². The van der Waals surface area contributed by atoms with E-state index in [0.717, 1.165) is 23.4 Å². The Morgan fingerprint density at radius 1 is 0.931 bits per heavy atom. The van der Waals surface area contributed by atoms with Crippen LogP contribution in [-0.2, 0) is 11.2 Å². The molecule has 148 valence electrons. The minimum absolute atomic E-state index is 0.0440. The van der Waals surface area contributed by atoms with E-state index in [4.69, 9.17) is 11.6 Å². The number of carbonyl (C=O) groups excluding carboxylic acids is 1. The number of benzene rings is 3. The lowest BCUT2D eigenvalue weighted by Crippen LogP contribution is -2.48. The zero-order valence-corrected chi connectivity index (χ0v) is 17.5. The van der Waals surface area contributed by atoms with Gasteiger partial charge in [0.15, 0.2) is 0 Å². The molecule has 0 spiro atoms. The molecule has 0 aliphatic carbocycles. The fraction of sp³-hybridized carbons (Fsp3) is 0.240. The molecule has 0 aromatic heterocycles. The second-order valence-electron chi connectivity index (χ2n) is 7.45. The lowest BCUT2D eigenvalue weighted by atomic mass is 9.94. The Morgan fingerprint density at radius 3 is 2.24 bits per heavy atom. The topological polar surface area (TPSA) is 23.6 Å². The Balaban J connectivity index is 1.89. The maximum atomic E-state index is 13.6. The summed E-state index contributed by atoms with van der Waals surface area (Å²) >= 11 is 6.40. The first-order valence-electron chi connectivity index (χ1n) is 10.0. The summed E-state index contributed by atoms with van der Waals surface area (Å²) in [4.78, 5) is 17.7. The van der Waals surface area contributed by atoms with E-state index >= 15 is 0 Å². The van der Waals surface area contributed by atoms with Crippen LogP contribution in [0.4, 0.5) is 5.69 Å². The second kappa shape index (κ2) is 8.40. The lowest BCUT2D eigenvalue weighted by Gasteiger charge is -2.35. The number of amides is 1. The Hall–Kier alpha value is -2.62. The number of likely N-dealkylation sites (N-methyl/N-ethyl adjacent to an activating group) is 2. The maximum Gasteiger partial charge on any atom is 0.244 e. The van der Waals surface area contributed by atoms with Crippen LogP contribution in [0.5, 0.6) is 0 Å². The summed E-state index contributed by atoms with van der Waals surface area (Å²) in [5.74, 6) is 0.109. The number of anilines is 1. The third-order valence-electron chi connectivity index (χ3n) is 5.75. The predicted molar refractivity (Wildman–Crippen MR) is 119 cm³/mol. The molecule has 3 aromatic rings. The highest BCUT2D eigenvalue weighted by atomic mass is 35.5. The van der Waals surface area contributed by atoms with Crippen molar-refractivity contribution in [3.05, 3.63) is 101 Å². The molecule has 1 aliphatic heterocycles. The molecule has 0 radical (unpaired) electrons. The smallest absolute Gasteiger partial charge is 0.244 e. The number of halogens is 1. The Kier molecular flexibility index (Phi) is 5.70. The van der Waals surface area contributed by atoms with Crippen molar-refractivity contribution in [2.24, 2.45) is 0 Å². The van der Waals surface area contributed by atoms with E-state index in [1.807, 2.05) is 49.5 Å². The van der Waals surface area contributed by atoms with Crippen LogP contribution in [0.2, 0.25) is 5.02 Å². The van der Waals surface area contributed by atoms with Crippen molar-refractivity contribution in [3.63, 3.8) is 0 Å². The quantitative estimate of drug-likeness (QED) is 0.586. The van der Waals surface area contributed by atoms with Gasteiger partial charge >= 0.3 is 0 Å². The van der Waals surface area contributed by atoms with E-state index in [2.05, 4.69) is 48.2 Å². The molecule has 3 nitrogen and oxygen atoms in total. The fourth-order valence-electron chi connectivity index (χ4n) is 4.34. The highest BCUT2D eigenvalue weighted by Gasteiger charge is 2.39. The van der Waals surface area contributed by atoms with Crippen molar-refractivity contribution in [2.45, 2.75) is 25.4 Å². The third-order valence-corrected chi connectivity index (χ3v) is 5.98. The van der Waals surface area contributed by atoms with Gasteiger partial charge in [-0.05, 0) is 47.9 Å². The van der Waals surface area contributed by atoms with Gasteiger partial charge in [0.2, 0.25) is 5.91 Å². The molecule has 0 N–H and O–H groups in total. The average Bonchev–Trinajstić information content (AvgIpc) is 2.83. The fourth-order valence-corrected chi connectivity index (χ4v) is 4.52. The van der Waals surface area contributed by atoms with E-state index in [1.165, 1.54) is 5.56 Å². The molecular formula is C25H25ClN2O. The van der Waals surface area contributed by atoms with Gasteiger partial charge < -0.3 is 4.90 Å². The molecule has 0 fully saturated rings. The minimum atomic E-state index is -0.260. The molecule has 4 heteroatoms. The van der Waals surface area contributed by atoms with Gasteiger partial charge in [0.05, 0.1) is 12.1 Å². The van der Waals surface area contributed by atoms with Gasteiger partial charge in [-0.25, -0.2) is 0 Å². The Bertz CT molecular complexity index is 990. The van der Waals surface area contributed by atoms with Crippen molar-refractivity contribution < 1.29 is 4.79 Å². The zero-order valence-electron chi connectivity index (χ0n) is 16.8. The van der Waals surface area contributed by atoms with E-state index in [1.54, 1.807) is 4.90 Å². The summed E-state index contributed by atoms with van der Waals surface area (Å²) in [6.45, 7) is 2.87. The number of rotatable bonds is 4. The molecule has 29 heavy (non-hydrogen) atoms. The lowest BCUT2D eigenvalue weighted by molar-refractivity contribution is -0.123. The number of carbonyl (C=O) groups is 1. The van der Waals surface area contributed by atoms with E-state index < -0.39 is 0 Å².